The molecule has 0 unspecified atom stereocenters. The lowest BCUT2D eigenvalue weighted by atomic mass is 10.3. The van der Waals surface area contributed by atoms with Gasteiger partial charge in [-0.25, -0.2) is 0 Å². The van der Waals surface area contributed by atoms with Crippen molar-refractivity contribution in [1.82, 2.24) is 5.16 Å². The minimum Gasteiger partial charge on any atom is -0.364 e. The number of nitrogens with zero attached hydrogens (tertiary/aromatic N) is 1. The molecule has 2 nitrogen and oxygen atoms in total. The molecule has 0 amide bonds. The summed E-state index contributed by atoms with van der Waals surface area (Å²) < 4.78 is 4.57. The van der Waals surface area contributed by atoms with Gasteiger partial charge < -0.3 is 4.52 Å². The molecule has 0 aliphatic heterocycles. The summed E-state index contributed by atoms with van der Waals surface area (Å²) in [5.41, 5.74) is 1.01. The molecule has 0 aliphatic carbocycles. The van der Waals surface area contributed by atoms with Crippen LogP contribution in [0.4, 0.5) is 0 Å². The quantitative estimate of drug-likeness (QED) is 0.548. The number of allylic oxidation sites excluding steroid dienone is 1. The van der Waals surface area contributed by atoms with E-state index in [-0.39, 0.29) is 0 Å². The molecule has 1 rings (SSSR count). The summed E-state index contributed by atoms with van der Waals surface area (Å²) in [5.74, 6) is 0. The van der Waals surface area contributed by atoms with Crippen molar-refractivity contribution >= 4 is 6.08 Å². The zero-order chi connectivity index (χ0) is 5.82. The zero-order valence-corrected chi connectivity index (χ0v) is 4.66. The molecule has 1 heterocycles. The van der Waals surface area contributed by atoms with Gasteiger partial charge in [0.05, 0.1) is 6.20 Å². The van der Waals surface area contributed by atoms with E-state index < -0.39 is 0 Å². The Bertz CT molecular complexity index is 165. The third-order valence-corrected chi connectivity index (χ3v) is 0.811. The van der Waals surface area contributed by atoms with E-state index >= 15 is 0 Å². The fraction of sp³-hybridized carbons (Fsp3) is 0.167. The van der Waals surface area contributed by atoms with Crippen molar-refractivity contribution in [3.63, 3.8) is 0 Å². The minimum absolute atomic E-state index is 1.01. The highest BCUT2D eigenvalue weighted by atomic mass is 16.5. The fourth-order valence-electron chi connectivity index (χ4n) is 0.488. The Kier molecular flexibility index (Phi) is 1.47. The van der Waals surface area contributed by atoms with Gasteiger partial charge in [0.25, 0.3) is 0 Å². The molecule has 0 N–H and O–H groups in total. The Morgan fingerprint density at radius 3 is 3.12 bits per heavy atom. The van der Waals surface area contributed by atoms with Gasteiger partial charge in [0.2, 0.25) is 0 Å². The largest absolute Gasteiger partial charge is 0.364 e. The Balaban J connectivity index is 2.77. The van der Waals surface area contributed by atoms with Crippen molar-refractivity contribution in [3.8, 4) is 0 Å². The molecule has 8 heavy (non-hydrogen) atoms. The second-order valence-electron chi connectivity index (χ2n) is 1.46. The molecule has 0 atom stereocenters. The lowest BCUT2D eigenvalue weighted by Crippen LogP contribution is -1.55. The van der Waals surface area contributed by atoms with Gasteiger partial charge in [0.1, 0.15) is 6.26 Å². The van der Waals surface area contributed by atoms with Crippen LogP contribution in [0.15, 0.2) is 23.1 Å². The molecule has 2 heteroatoms. The highest BCUT2D eigenvalue weighted by molar-refractivity contribution is 5.44. The van der Waals surface area contributed by atoms with Crippen LogP contribution in [-0.4, -0.2) is 5.16 Å². The molecule has 0 saturated carbocycles. The van der Waals surface area contributed by atoms with Gasteiger partial charge >= 0.3 is 0 Å². The predicted molar refractivity (Wildman–Crippen MR) is 31.2 cm³/mol. The van der Waals surface area contributed by atoms with E-state index in [1.54, 1.807) is 12.5 Å². The van der Waals surface area contributed by atoms with Gasteiger partial charge in [-0.2, -0.15) is 0 Å². The maximum absolute atomic E-state index is 4.57. The Labute approximate surface area is 47.8 Å². The summed E-state index contributed by atoms with van der Waals surface area (Å²) in [6, 6.07) is 0. The van der Waals surface area contributed by atoms with Crippen LogP contribution in [0.25, 0.3) is 6.08 Å². The van der Waals surface area contributed by atoms with Gasteiger partial charge in [-0.15, -0.1) is 0 Å². The monoisotopic (exact) mass is 109 g/mol. The highest BCUT2D eigenvalue weighted by Crippen LogP contribution is 1.97. The smallest absolute Gasteiger partial charge is 0.131 e. The number of hydrogen-bond acceptors (Lipinski definition) is 2. The molecule has 0 aliphatic rings. The van der Waals surface area contributed by atoms with Crippen LogP contribution in [-0.2, 0) is 0 Å². The van der Waals surface area contributed by atoms with E-state index in [1.807, 2.05) is 19.1 Å². The fourth-order valence-corrected chi connectivity index (χ4v) is 0.488. The zero-order valence-electron chi connectivity index (χ0n) is 4.66. The summed E-state index contributed by atoms with van der Waals surface area (Å²) >= 11 is 0. The Morgan fingerprint density at radius 1 is 1.75 bits per heavy atom. The third-order valence-electron chi connectivity index (χ3n) is 0.811. The van der Waals surface area contributed by atoms with E-state index in [2.05, 4.69) is 9.68 Å². The lowest BCUT2D eigenvalue weighted by molar-refractivity contribution is 0.419. The lowest BCUT2D eigenvalue weighted by Gasteiger charge is -1.71. The van der Waals surface area contributed by atoms with Crippen LogP contribution in [0.1, 0.15) is 12.5 Å². The van der Waals surface area contributed by atoms with Gasteiger partial charge in [-0.1, -0.05) is 17.3 Å². The maximum atomic E-state index is 4.57. The van der Waals surface area contributed by atoms with E-state index in [9.17, 15) is 0 Å². The molecule has 0 aromatic carbocycles. The first-order valence-electron chi connectivity index (χ1n) is 2.45. The van der Waals surface area contributed by atoms with Crippen molar-refractivity contribution in [1.29, 1.82) is 0 Å². The maximum Gasteiger partial charge on any atom is 0.131 e. The molecule has 42 valence electrons. The molecule has 0 fully saturated rings. The molecule has 1 aromatic heterocycles. The van der Waals surface area contributed by atoms with Crippen molar-refractivity contribution in [2.75, 3.05) is 0 Å². The van der Waals surface area contributed by atoms with E-state index in [1.165, 1.54) is 0 Å². The van der Waals surface area contributed by atoms with Crippen LogP contribution in [0.2, 0.25) is 0 Å². The summed E-state index contributed by atoms with van der Waals surface area (Å²) in [6.07, 6.45) is 7.13. The highest BCUT2D eigenvalue weighted by Gasteiger charge is 1.83. The first kappa shape index (κ1) is 5.09. The average Bonchev–Trinajstić information content (AvgIpc) is 2.19. The Hall–Kier alpha value is -1.05. The average molecular weight is 109 g/mol. The molecule has 0 bridgehead atoms. The number of hydrogen-bond donors (Lipinski definition) is 0. The van der Waals surface area contributed by atoms with Crippen LogP contribution in [0, 0.1) is 0 Å². The topological polar surface area (TPSA) is 26.0 Å². The van der Waals surface area contributed by atoms with Crippen LogP contribution in [0.3, 0.4) is 0 Å². The van der Waals surface area contributed by atoms with Crippen molar-refractivity contribution in [3.05, 3.63) is 24.1 Å². The molecular weight excluding hydrogens is 102 g/mol. The number of aromatic nitrogens is 1. The summed E-state index contributed by atoms with van der Waals surface area (Å²) in [7, 11) is 0. The van der Waals surface area contributed by atoms with Gasteiger partial charge in [-0.3, -0.25) is 0 Å². The standard InChI is InChI=1S/C6H7NO/c1-2-3-6-4-7-8-5-6/h2-5H,1H3/b3-2-. The Morgan fingerprint density at radius 2 is 2.62 bits per heavy atom. The molecule has 0 spiro atoms. The molecule has 1 aromatic rings. The predicted octanol–water partition coefficient (Wildman–Crippen LogP) is 1.71. The van der Waals surface area contributed by atoms with E-state index in [4.69, 9.17) is 0 Å². The van der Waals surface area contributed by atoms with Gasteiger partial charge in [0.15, 0.2) is 0 Å². The summed E-state index contributed by atoms with van der Waals surface area (Å²) in [5, 5.41) is 3.51. The van der Waals surface area contributed by atoms with E-state index in [0.29, 0.717) is 0 Å². The first-order chi connectivity index (χ1) is 3.93. The summed E-state index contributed by atoms with van der Waals surface area (Å²) in [6.45, 7) is 1.95. The third kappa shape index (κ3) is 0.964. The first-order valence-corrected chi connectivity index (χ1v) is 2.45. The SMILES string of the molecule is C/C=C\c1cnoc1. The number of rotatable bonds is 1. The molecule has 0 radical (unpaired) electrons. The van der Waals surface area contributed by atoms with Gasteiger partial charge in [0, 0.05) is 5.56 Å². The van der Waals surface area contributed by atoms with Crippen molar-refractivity contribution in [2.24, 2.45) is 0 Å². The normalized spacial score (nSPS) is 10.6. The van der Waals surface area contributed by atoms with Gasteiger partial charge in [-0.05, 0) is 6.92 Å². The van der Waals surface area contributed by atoms with Crippen LogP contribution in [0.5, 0.6) is 0 Å². The second kappa shape index (κ2) is 2.31. The summed E-state index contributed by atoms with van der Waals surface area (Å²) in [4.78, 5) is 0. The van der Waals surface area contributed by atoms with Crippen LogP contribution < -0.4 is 0 Å². The molecular formula is C6H7NO. The van der Waals surface area contributed by atoms with Crippen molar-refractivity contribution in [2.45, 2.75) is 6.92 Å². The second-order valence-corrected chi connectivity index (χ2v) is 1.46. The van der Waals surface area contributed by atoms with Crippen LogP contribution >= 0.6 is 0 Å². The van der Waals surface area contributed by atoms with Crippen molar-refractivity contribution < 1.29 is 4.52 Å². The minimum atomic E-state index is 1.01. The molecule has 0 saturated heterocycles. The van der Waals surface area contributed by atoms with E-state index in [0.717, 1.165) is 5.56 Å².